The van der Waals surface area contributed by atoms with E-state index in [1.54, 1.807) is 0 Å². The second-order valence-electron chi connectivity index (χ2n) is 9.14. The normalized spacial score (nSPS) is 14.7. The van der Waals surface area contributed by atoms with Crippen LogP contribution in [0.5, 0.6) is 11.5 Å². The molecule has 0 spiro atoms. The number of β-amino-alcohol motifs (C(OH)–C–C–N with tert-alkyl or cyclic N) is 2. The summed E-state index contributed by atoms with van der Waals surface area (Å²) in [5, 5.41) is 26.7. The van der Waals surface area contributed by atoms with Gasteiger partial charge in [0.05, 0.1) is 0 Å². The molecule has 27 heavy (non-hydrogen) atoms. The molecular formula is C21H38N2O4. The van der Waals surface area contributed by atoms with Crippen LogP contribution in [0.2, 0.25) is 0 Å². The zero-order chi connectivity index (χ0) is 20.7. The summed E-state index contributed by atoms with van der Waals surface area (Å²) in [6, 6.07) is 5.63. The summed E-state index contributed by atoms with van der Waals surface area (Å²) >= 11 is 0. The van der Waals surface area contributed by atoms with Crippen molar-refractivity contribution in [2.75, 3.05) is 26.3 Å². The van der Waals surface area contributed by atoms with Crippen LogP contribution >= 0.6 is 0 Å². The minimum atomic E-state index is -0.626. The van der Waals surface area contributed by atoms with E-state index in [-0.39, 0.29) is 24.3 Å². The quantitative estimate of drug-likeness (QED) is 0.497. The Morgan fingerprint density at radius 1 is 0.815 bits per heavy atom. The van der Waals surface area contributed by atoms with Crippen LogP contribution in [0.1, 0.15) is 47.1 Å². The van der Waals surface area contributed by atoms with Crippen LogP contribution < -0.4 is 20.1 Å². The molecule has 0 aliphatic carbocycles. The van der Waals surface area contributed by atoms with Gasteiger partial charge in [0.25, 0.3) is 0 Å². The molecule has 0 aromatic heterocycles. The van der Waals surface area contributed by atoms with Crippen LogP contribution in [-0.4, -0.2) is 59.8 Å². The van der Waals surface area contributed by atoms with Gasteiger partial charge in [-0.15, -0.1) is 0 Å². The number of hydrogen-bond donors (Lipinski definition) is 4. The van der Waals surface area contributed by atoms with Gasteiger partial charge in [0.1, 0.15) is 25.4 Å². The fourth-order valence-electron chi connectivity index (χ4n) is 2.19. The number of rotatable bonds is 10. The summed E-state index contributed by atoms with van der Waals surface area (Å²) < 4.78 is 11.5. The van der Waals surface area contributed by atoms with Crippen molar-refractivity contribution in [1.82, 2.24) is 10.6 Å². The Kier molecular flexibility index (Phi) is 9.02. The van der Waals surface area contributed by atoms with Crippen LogP contribution in [0.4, 0.5) is 0 Å². The van der Waals surface area contributed by atoms with E-state index in [4.69, 9.17) is 9.47 Å². The molecule has 6 nitrogen and oxygen atoms in total. The summed E-state index contributed by atoms with van der Waals surface area (Å²) in [4.78, 5) is 0. The third-order valence-corrected chi connectivity index (χ3v) is 3.70. The Labute approximate surface area is 164 Å². The van der Waals surface area contributed by atoms with Gasteiger partial charge in [-0.05, 0) is 66.2 Å². The monoisotopic (exact) mass is 382 g/mol. The maximum Gasteiger partial charge on any atom is 0.161 e. The minimum absolute atomic E-state index is 0.0592. The molecule has 0 saturated heterocycles. The predicted molar refractivity (Wildman–Crippen MR) is 110 cm³/mol. The van der Waals surface area contributed by atoms with Crippen molar-refractivity contribution in [3.63, 3.8) is 0 Å². The average Bonchev–Trinajstić information content (AvgIpc) is 2.54. The molecule has 0 heterocycles. The molecular weight excluding hydrogens is 344 g/mol. The molecule has 0 bridgehead atoms. The smallest absolute Gasteiger partial charge is 0.161 e. The van der Waals surface area contributed by atoms with Gasteiger partial charge in [-0.1, -0.05) is 6.07 Å². The Bertz CT molecular complexity index is 564. The van der Waals surface area contributed by atoms with Crippen molar-refractivity contribution in [1.29, 1.82) is 0 Å². The van der Waals surface area contributed by atoms with Gasteiger partial charge in [-0.2, -0.15) is 0 Å². The first-order valence-electron chi connectivity index (χ1n) is 9.58. The second-order valence-corrected chi connectivity index (χ2v) is 9.14. The molecule has 2 atom stereocenters. The van der Waals surface area contributed by atoms with Crippen molar-refractivity contribution in [3.05, 3.63) is 23.8 Å². The Balaban J connectivity index is 2.56. The van der Waals surface area contributed by atoms with Crippen LogP contribution in [0.15, 0.2) is 18.2 Å². The molecule has 0 saturated carbocycles. The van der Waals surface area contributed by atoms with Gasteiger partial charge in [-0.3, -0.25) is 0 Å². The van der Waals surface area contributed by atoms with E-state index in [1.165, 1.54) is 0 Å². The summed E-state index contributed by atoms with van der Waals surface area (Å²) in [5.41, 5.74) is 0.918. The molecule has 2 unspecified atom stereocenters. The largest absolute Gasteiger partial charge is 0.487 e. The lowest BCUT2D eigenvalue weighted by Gasteiger charge is -2.24. The molecule has 0 fully saturated rings. The van der Waals surface area contributed by atoms with Gasteiger partial charge in [-0.25, -0.2) is 0 Å². The average molecular weight is 383 g/mol. The zero-order valence-electron chi connectivity index (χ0n) is 17.9. The summed E-state index contributed by atoms with van der Waals surface area (Å²) in [7, 11) is 0. The molecule has 0 aliphatic heterocycles. The Morgan fingerprint density at radius 3 is 1.70 bits per heavy atom. The lowest BCUT2D eigenvalue weighted by Crippen LogP contribution is -2.42. The number of aryl methyl sites for hydroxylation is 1. The van der Waals surface area contributed by atoms with E-state index in [0.29, 0.717) is 24.6 Å². The van der Waals surface area contributed by atoms with Gasteiger partial charge < -0.3 is 30.3 Å². The Hall–Kier alpha value is -1.34. The number of aliphatic hydroxyl groups excluding tert-OH is 2. The lowest BCUT2D eigenvalue weighted by atomic mass is 10.1. The minimum Gasteiger partial charge on any atom is -0.487 e. The van der Waals surface area contributed by atoms with E-state index in [1.807, 2.05) is 66.7 Å². The SMILES string of the molecule is Cc1ccc(OCC(O)CNC(C)(C)C)c(OCC(O)CNC(C)(C)C)c1. The number of nitrogens with one attached hydrogen (secondary N) is 2. The first-order chi connectivity index (χ1) is 12.4. The molecule has 1 rings (SSSR count). The van der Waals surface area contributed by atoms with Crippen LogP contribution in [0, 0.1) is 6.92 Å². The van der Waals surface area contributed by atoms with Crippen LogP contribution in [0.3, 0.4) is 0 Å². The van der Waals surface area contributed by atoms with Gasteiger partial charge in [0.2, 0.25) is 0 Å². The molecule has 6 heteroatoms. The van der Waals surface area contributed by atoms with Gasteiger partial charge in [0, 0.05) is 24.2 Å². The first-order valence-corrected chi connectivity index (χ1v) is 9.58. The van der Waals surface area contributed by atoms with E-state index >= 15 is 0 Å². The highest BCUT2D eigenvalue weighted by Gasteiger charge is 2.16. The first kappa shape index (κ1) is 23.7. The van der Waals surface area contributed by atoms with Crippen molar-refractivity contribution in [2.24, 2.45) is 0 Å². The lowest BCUT2D eigenvalue weighted by molar-refractivity contribution is 0.0871. The highest BCUT2D eigenvalue weighted by Crippen LogP contribution is 2.28. The fourth-order valence-corrected chi connectivity index (χ4v) is 2.19. The van der Waals surface area contributed by atoms with Crippen molar-refractivity contribution in [2.45, 2.75) is 71.8 Å². The van der Waals surface area contributed by atoms with Crippen LogP contribution in [-0.2, 0) is 0 Å². The topological polar surface area (TPSA) is 83.0 Å². The second kappa shape index (κ2) is 10.3. The van der Waals surface area contributed by atoms with E-state index in [9.17, 15) is 10.2 Å². The van der Waals surface area contributed by atoms with Crippen molar-refractivity contribution >= 4 is 0 Å². The molecule has 0 amide bonds. The highest BCUT2D eigenvalue weighted by atomic mass is 16.5. The van der Waals surface area contributed by atoms with Gasteiger partial charge in [0.15, 0.2) is 11.5 Å². The summed E-state index contributed by atoms with van der Waals surface area (Å²) in [5.74, 6) is 1.13. The summed E-state index contributed by atoms with van der Waals surface area (Å²) in [6.45, 7) is 15.5. The molecule has 1 aromatic rings. The number of hydrogen-bond acceptors (Lipinski definition) is 6. The molecule has 0 radical (unpaired) electrons. The third kappa shape index (κ3) is 11.2. The molecule has 0 aliphatic rings. The highest BCUT2D eigenvalue weighted by molar-refractivity contribution is 5.42. The zero-order valence-corrected chi connectivity index (χ0v) is 17.9. The Morgan fingerprint density at radius 2 is 1.26 bits per heavy atom. The number of benzene rings is 1. The molecule has 4 N–H and O–H groups in total. The third-order valence-electron chi connectivity index (χ3n) is 3.70. The fraction of sp³-hybridized carbons (Fsp3) is 0.714. The van der Waals surface area contributed by atoms with Crippen LogP contribution in [0.25, 0.3) is 0 Å². The number of aliphatic hydroxyl groups is 2. The summed E-state index contributed by atoms with van der Waals surface area (Å²) in [6.07, 6.45) is -1.25. The maximum atomic E-state index is 10.1. The predicted octanol–water partition coefficient (Wildman–Crippen LogP) is 2.25. The van der Waals surface area contributed by atoms with E-state index < -0.39 is 12.2 Å². The molecule has 1 aromatic carbocycles. The van der Waals surface area contributed by atoms with Crippen molar-refractivity contribution < 1.29 is 19.7 Å². The van der Waals surface area contributed by atoms with E-state index in [2.05, 4.69) is 10.6 Å². The van der Waals surface area contributed by atoms with E-state index in [0.717, 1.165) is 5.56 Å². The van der Waals surface area contributed by atoms with Crippen molar-refractivity contribution in [3.8, 4) is 11.5 Å². The van der Waals surface area contributed by atoms with Gasteiger partial charge >= 0.3 is 0 Å². The number of ether oxygens (including phenoxy) is 2. The standard InChI is InChI=1S/C21H38N2O4/c1-15-8-9-18(26-13-16(24)11-22-20(2,3)4)19(10-15)27-14-17(25)12-23-21(5,6)7/h8-10,16-17,22-25H,11-14H2,1-7H3. The molecule has 156 valence electrons. The maximum absolute atomic E-state index is 10.1.